The van der Waals surface area contributed by atoms with Crippen molar-refractivity contribution in [1.82, 2.24) is 15.0 Å². The number of nitrogens with zero attached hydrogens (tertiary/aromatic N) is 3. The quantitative estimate of drug-likeness (QED) is 0.539. The number of methoxy groups -OCH3 is 1. The number of nitrogen functional groups attached to an aromatic ring is 1. The zero-order valence-electron chi connectivity index (χ0n) is 15.1. The van der Waals surface area contributed by atoms with Crippen molar-refractivity contribution < 1.29 is 9.84 Å². The topological polar surface area (TPSA) is 94.2 Å². The molecule has 140 valence electrons. The average Bonchev–Trinajstić information content (AvgIpc) is 2.70. The third-order valence-electron chi connectivity index (χ3n) is 4.39. The molecule has 0 atom stereocenters. The monoisotopic (exact) mass is 392 g/mol. The third kappa shape index (κ3) is 3.42. The largest absolute Gasteiger partial charge is 0.503 e. The van der Waals surface area contributed by atoms with E-state index in [4.69, 9.17) is 27.1 Å². The fourth-order valence-corrected chi connectivity index (χ4v) is 3.26. The normalized spacial score (nSPS) is 10.9. The number of nitrogens with two attached hydrogens (primary N) is 1. The van der Waals surface area contributed by atoms with Crippen LogP contribution in [-0.2, 0) is 6.42 Å². The van der Waals surface area contributed by atoms with Gasteiger partial charge in [-0.05, 0) is 29.8 Å². The van der Waals surface area contributed by atoms with Gasteiger partial charge < -0.3 is 15.6 Å². The van der Waals surface area contributed by atoms with E-state index in [2.05, 4.69) is 9.97 Å². The minimum atomic E-state index is -0.102. The van der Waals surface area contributed by atoms with Gasteiger partial charge in [0.1, 0.15) is 5.52 Å². The standard InChI is InChI=1S/C21H17ClN4O2/c1-28-18-11-13(10-14(22)20(18)27)15-7-8-16-19(24-15)17(26-21(23)25-16)9-12-5-3-2-4-6-12/h2-8,10-11,27H,9H2,1H3,(H2,23,25,26). The van der Waals surface area contributed by atoms with Crippen LogP contribution in [0.5, 0.6) is 11.5 Å². The molecule has 2 aromatic carbocycles. The molecule has 0 fully saturated rings. The maximum atomic E-state index is 9.97. The lowest BCUT2D eigenvalue weighted by atomic mass is 10.1. The second kappa shape index (κ2) is 7.32. The molecular formula is C21H17ClN4O2. The highest BCUT2D eigenvalue weighted by molar-refractivity contribution is 6.32. The lowest BCUT2D eigenvalue weighted by Gasteiger charge is -2.11. The first kappa shape index (κ1) is 18.0. The number of ether oxygens (including phenoxy) is 1. The van der Waals surface area contributed by atoms with Crippen molar-refractivity contribution in [2.45, 2.75) is 6.42 Å². The van der Waals surface area contributed by atoms with Crippen LogP contribution in [0.25, 0.3) is 22.3 Å². The van der Waals surface area contributed by atoms with Crippen LogP contribution in [-0.4, -0.2) is 27.2 Å². The number of aromatic hydroxyl groups is 1. The van der Waals surface area contributed by atoms with Crippen LogP contribution in [0.2, 0.25) is 5.02 Å². The molecule has 2 aromatic heterocycles. The third-order valence-corrected chi connectivity index (χ3v) is 4.68. The van der Waals surface area contributed by atoms with Gasteiger partial charge in [0.15, 0.2) is 11.5 Å². The highest BCUT2D eigenvalue weighted by Gasteiger charge is 2.14. The molecule has 0 aliphatic carbocycles. The second-order valence-corrected chi connectivity index (χ2v) is 6.67. The summed E-state index contributed by atoms with van der Waals surface area (Å²) in [5.74, 6) is 0.388. The van der Waals surface area contributed by atoms with Gasteiger partial charge in [-0.15, -0.1) is 0 Å². The minimum Gasteiger partial charge on any atom is -0.503 e. The molecule has 6 nitrogen and oxygen atoms in total. The predicted molar refractivity (Wildman–Crippen MR) is 110 cm³/mol. The summed E-state index contributed by atoms with van der Waals surface area (Å²) in [6.45, 7) is 0. The van der Waals surface area contributed by atoms with Gasteiger partial charge in [0.05, 0.1) is 29.0 Å². The van der Waals surface area contributed by atoms with Gasteiger partial charge >= 0.3 is 0 Å². The Morgan fingerprint density at radius 2 is 1.82 bits per heavy atom. The van der Waals surface area contributed by atoms with E-state index in [0.717, 1.165) is 11.3 Å². The number of halogens is 1. The van der Waals surface area contributed by atoms with Gasteiger partial charge in [0.25, 0.3) is 0 Å². The predicted octanol–water partition coefficient (Wildman–Crippen LogP) is 4.23. The molecule has 0 saturated heterocycles. The molecule has 7 heteroatoms. The highest BCUT2D eigenvalue weighted by atomic mass is 35.5. The molecule has 4 aromatic rings. The first-order valence-electron chi connectivity index (χ1n) is 8.59. The summed E-state index contributed by atoms with van der Waals surface area (Å²) in [5, 5.41) is 10.2. The highest BCUT2D eigenvalue weighted by Crippen LogP contribution is 2.38. The number of pyridine rings is 1. The van der Waals surface area contributed by atoms with Crippen molar-refractivity contribution in [2.75, 3.05) is 12.8 Å². The Morgan fingerprint density at radius 1 is 1.04 bits per heavy atom. The van der Waals surface area contributed by atoms with E-state index in [1.807, 2.05) is 42.5 Å². The Hall–Kier alpha value is -3.38. The Labute approximate surface area is 166 Å². The summed E-state index contributed by atoms with van der Waals surface area (Å²) in [6, 6.07) is 17.0. The van der Waals surface area contributed by atoms with E-state index < -0.39 is 0 Å². The van der Waals surface area contributed by atoms with E-state index in [-0.39, 0.29) is 22.5 Å². The van der Waals surface area contributed by atoms with E-state index in [0.29, 0.717) is 28.7 Å². The van der Waals surface area contributed by atoms with E-state index in [1.165, 1.54) is 7.11 Å². The average molecular weight is 393 g/mol. The summed E-state index contributed by atoms with van der Waals surface area (Å²) in [5.41, 5.74) is 10.4. The summed E-state index contributed by atoms with van der Waals surface area (Å²) in [4.78, 5) is 13.5. The van der Waals surface area contributed by atoms with Crippen molar-refractivity contribution in [1.29, 1.82) is 0 Å². The fourth-order valence-electron chi connectivity index (χ4n) is 3.04. The molecule has 0 spiro atoms. The lowest BCUT2D eigenvalue weighted by molar-refractivity contribution is 0.374. The number of phenolic OH excluding ortho intramolecular Hbond substituents is 1. The van der Waals surface area contributed by atoms with Crippen LogP contribution >= 0.6 is 11.6 Å². The van der Waals surface area contributed by atoms with E-state index in [1.54, 1.807) is 12.1 Å². The van der Waals surface area contributed by atoms with Crippen LogP contribution < -0.4 is 10.5 Å². The van der Waals surface area contributed by atoms with Crippen LogP contribution in [0.4, 0.5) is 5.95 Å². The number of aromatic nitrogens is 3. The SMILES string of the molecule is COc1cc(-c2ccc3nc(N)nc(Cc4ccccc4)c3n2)cc(Cl)c1O. The molecular weight excluding hydrogens is 376 g/mol. The molecule has 0 aliphatic heterocycles. The maximum Gasteiger partial charge on any atom is 0.220 e. The van der Waals surface area contributed by atoms with Crippen LogP contribution in [0.15, 0.2) is 54.6 Å². The number of hydrogen-bond donors (Lipinski definition) is 2. The number of fused-ring (bicyclic) bond motifs is 1. The summed E-state index contributed by atoms with van der Waals surface area (Å²) < 4.78 is 5.19. The Balaban J connectivity index is 1.85. The lowest BCUT2D eigenvalue weighted by Crippen LogP contribution is -2.03. The number of rotatable bonds is 4. The van der Waals surface area contributed by atoms with Crippen LogP contribution in [0.3, 0.4) is 0 Å². The van der Waals surface area contributed by atoms with Gasteiger partial charge in [-0.3, -0.25) is 0 Å². The van der Waals surface area contributed by atoms with E-state index >= 15 is 0 Å². The van der Waals surface area contributed by atoms with Crippen molar-refractivity contribution in [3.05, 3.63) is 70.9 Å². The van der Waals surface area contributed by atoms with Crippen LogP contribution in [0, 0.1) is 0 Å². The Bertz CT molecular complexity index is 1170. The van der Waals surface area contributed by atoms with Crippen LogP contribution in [0.1, 0.15) is 11.3 Å². The van der Waals surface area contributed by atoms with Crippen molar-refractivity contribution in [2.24, 2.45) is 0 Å². The van der Waals surface area contributed by atoms with Crippen molar-refractivity contribution >= 4 is 28.6 Å². The number of anilines is 1. The van der Waals surface area contributed by atoms with Gasteiger partial charge in [-0.1, -0.05) is 41.9 Å². The molecule has 0 saturated carbocycles. The molecule has 0 radical (unpaired) electrons. The number of phenols is 1. The first-order chi connectivity index (χ1) is 13.5. The summed E-state index contributed by atoms with van der Waals surface area (Å²) in [6.07, 6.45) is 0.584. The molecule has 3 N–H and O–H groups in total. The number of benzene rings is 2. The summed E-state index contributed by atoms with van der Waals surface area (Å²) >= 11 is 6.13. The van der Waals surface area contributed by atoms with Crippen molar-refractivity contribution in [3.63, 3.8) is 0 Å². The molecule has 0 amide bonds. The summed E-state index contributed by atoms with van der Waals surface area (Å²) in [7, 11) is 1.47. The molecule has 0 bridgehead atoms. The zero-order chi connectivity index (χ0) is 19.7. The zero-order valence-corrected chi connectivity index (χ0v) is 15.8. The molecule has 28 heavy (non-hydrogen) atoms. The first-order valence-corrected chi connectivity index (χ1v) is 8.97. The van der Waals surface area contributed by atoms with Gasteiger partial charge in [0, 0.05) is 12.0 Å². The molecule has 0 unspecified atom stereocenters. The van der Waals surface area contributed by atoms with Crippen molar-refractivity contribution in [3.8, 4) is 22.8 Å². The van der Waals surface area contributed by atoms with Gasteiger partial charge in [0.2, 0.25) is 5.95 Å². The fraction of sp³-hybridized carbons (Fsp3) is 0.0952. The second-order valence-electron chi connectivity index (χ2n) is 6.26. The van der Waals surface area contributed by atoms with Gasteiger partial charge in [-0.2, -0.15) is 0 Å². The molecule has 4 rings (SSSR count). The van der Waals surface area contributed by atoms with Gasteiger partial charge in [-0.25, -0.2) is 15.0 Å². The molecule has 2 heterocycles. The van der Waals surface area contributed by atoms with E-state index in [9.17, 15) is 5.11 Å². The smallest absolute Gasteiger partial charge is 0.220 e. The maximum absolute atomic E-state index is 9.97. The Kier molecular flexibility index (Phi) is 4.71. The number of hydrogen-bond acceptors (Lipinski definition) is 6. The minimum absolute atomic E-state index is 0.102. The molecule has 0 aliphatic rings. The Morgan fingerprint density at radius 3 is 2.57 bits per heavy atom.